The van der Waals surface area contributed by atoms with E-state index in [1.165, 1.54) is 10.4 Å². The SMILES string of the molecule is Cc1cc2c(cc1S(=O)(=O)N1CCC[C@@H]1C(=O)Nc1ccc(C(C)C)cc1)OCC(=O)N2. The van der Waals surface area contributed by atoms with E-state index in [1.807, 2.05) is 24.3 Å². The highest BCUT2D eigenvalue weighted by Crippen LogP contribution is 2.36. The average Bonchev–Trinajstić information content (AvgIpc) is 3.24. The van der Waals surface area contributed by atoms with Crippen LogP contribution >= 0.6 is 0 Å². The third kappa shape index (κ3) is 4.22. The van der Waals surface area contributed by atoms with Crippen molar-refractivity contribution in [3.8, 4) is 5.75 Å². The van der Waals surface area contributed by atoms with Gasteiger partial charge >= 0.3 is 0 Å². The Bertz CT molecular complexity index is 1160. The lowest BCUT2D eigenvalue weighted by Crippen LogP contribution is -2.43. The first-order chi connectivity index (χ1) is 15.2. The van der Waals surface area contributed by atoms with Crippen LogP contribution in [0.4, 0.5) is 11.4 Å². The number of carbonyl (C=O) groups excluding carboxylic acids is 2. The van der Waals surface area contributed by atoms with Gasteiger partial charge in [0.1, 0.15) is 11.8 Å². The van der Waals surface area contributed by atoms with E-state index in [2.05, 4.69) is 24.5 Å². The Kier molecular flexibility index (Phi) is 5.96. The zero-order chi connectivity index (χ0) is 23.0. The molecule has 170 valence electrons. The Morgan fingerprint density at radius 3 is 2.62 bits per heavy atom. The van der Waals surface area contributed by atoms with Crippen LogP contribution < -0.4 is 15.4 Å². The van der Waals surface area contributed by atoms with Crippen molar-refractivity contribution in [2.75, 3.05) is 23.8 Å². The molecule has 2 aromatic rings. The quantitative estimate of drug-likeness (QED) is 0.717. The van der Waals surface area contributed by atoms with Gasteiger partial charge in [0.05, 0.1) is 10.6 Å². The zero-order valence-corrected chi connectivity index (χ0v) is 19.2. The van der Waals surface area contributed by atoms with Crippen LogP contribution in [0, 0.1) is 6.92 Å². The van der Waals surface area contributed by atoms with Crippen molar-refractivity contribution in [2.45, 2.75) is 50.5 Å². The molecule has 4 rings (SSSR count). The van der Waals surface area contributed by atoms with Crippen molar-refractivity contribution in [1.29, 1.82) is 0 Å². The maximum absolute atomic E-state index is 13.5. The number of rotatable bonds is 5. The number of ether oxygens (including phenoxy) is 1. The normalized spacial score (nSPS) is 18.8. The summed E-state index contributed by atoms with van der Waals surface area (Å²) in [5.74, 6) is 0.0549. The van der Waals surface area contributed by atoms with E-state index in [1.54, 1.807) is 13.0 Å². The molecule has 0 saturated carbocycles. The van der Waals surface area contributed by atoms with Gasteiger partial charge < -0.3 is 15.4 Å². The maximum atomic E-state index is 13.5. The zero-order valence-electron chi connectivity index (χ0n) is 18.3. The number of hydrogen-bond donors (Lipinski definition) is 2. The van der Waals surface area contributed by atoms with Crippen LogP contribution in [-0.2, 0) is 19.6 Å². The number of fused-ring (bicyclic) bond motifs is 1. The fraction of sp³-hybridized carbons (Fsp3) is 0.391. The molecule has 2 aliphatic heterocycles. The summed E-state index contributed by atoms with van der Waals surface area (Å²) < 4.78 is 33.7. The standard InChI is InChI=1S/C23H27N3O5S/c1-14(2)16-6-8-17(9-7-16)24-23(28)19-5-4-10-26(19)32(29,30)21-12-20-18(11-15(21)3)25-22(27)13-31-20/h6-9,11-12,14,19H,4-5,10,13H2,1-3H3,(H,24,28)(H,25,27)/t19-/m1/s1. The van der Waals surface area contributed by atoms with Crippen LogP contribution in [-0.4, -0.2) is 43.7 Å². The van der Waals surface area contributed by atoms with Gasteiger partial charge in [-0.2, -0.15) is 4.31 Å². The second kappa shape index (κ2) is 8.55. The molecule has 1 fully saturated rings. The topological polar surface area (TPSA) is 105 Å². The van der Waals surface area contributed by atoms with Crippen molar-refractivity contribution in [3.63, 3.8) is 0 Å². The Morgan fingerprint density at radius 1 is 1.22 bits per heavy atom. The van der Waals surface area contributed by atoms with E-state index in [0.717, 1.165) is 5.56 Å². The second-order valence-corrected chi connectivity index (χ2v) is 10.3. The molecular formula is C23H27N3O5S. The lowest BCUT2D eigenvalue weighted by molar-refractivity contribution is -0.119. The largest absolute Gasteiger partial charge is 0.482 e. The minimum Gasteiger partial charge on any atom is -0.482 e. The molecule has 0 aliphatic carbocycles. The molecule has 1 atom stereocenters. The molecule has 2 aromatic carbocycles. The molecule has 2 N–H and O–H groups in total. The van der Waals surface area contributed by atoms with Crippen molar-refractivity contribution in [3.05, 3.63) is 47.5 Å². The first-order valence-corrected chi connectivity index (χ1v) is 12.1. The van der Waals surface area contributed by atoms with Crippen molar-refractivity contribution >= 4 is 33.2 Å². The minimum absolute atomic E-state index is 0.0772. The van der Waals surface area contributed by atoms with Gasteiger partial charge in [0.2, 0.25) is 15.9 Å². The van der Waals surface area contributed by atoms with Crippen molar-refractivity contribution < 1.29 is 22.7 Å². The van der Waals surface area contributed by atoms with Crippen LogP contribution in [0.1, 0.15) is 43.7 Å². The Hall–Kier alpha value is -2.91. The van der Waals surface area contributed by atoms with E-state index in [-0.39, 0.29) is 29.9 Å². The lowest BCUT2D eigenvalue weighted by Gasteiger charge is -2.26. The number of hydrogen-bond acceptors (Lipinski definition) is 5. The maximum Gasteiger partial charge on any atom is 0.262 e. The van der Waals surface area contributed by atoms with Crippen LogP contribution in [0.15, 0.2) is 41.3 Å². The molecule has 2 aliphatic rings. The summed E-state index contributed by atoms with van der Waals surface area (Å²) in [6.45, 7) is 5.95. The Labute approximate surface area is 188 Å². The second-order valence-electron chi connectivity index (χ2n) is 8.49. The highest BCUT2D eigenvalue weighted by Gasteiger charge is 2.40. The molecule has 2 heterocycles. The summed E-state index contributed by atoms with van der Waals surface area (Å²) in [7, 11) is -3.94. The van der Waals surface area contributed by atoms with Gasteiger partial charge in [0.25, 0.3) is 5.91 Å². The number of nitrogens with one attached hydrogen (secondary N) is 2. The average molecular weight is 458 g/mol. The first kappa shape index (κ1) is 22.3. The van der Waals surface area contributed by atoms with Gasteiger partial charge in [-0.3, -0.25) is 9.59 Å². The fourth-order valence-corrected chi connectivity index (χ4v) is 5.97. The van der Waals surface area contributed by atoms with Gasteiger partial charge in [0, 0.05) is 18.3 Å². The smallest absolute Gasteiger partial charge is 0.262 e. The van der Waals surface area contributed by atoms with E-state index < -0.39 is 16.1 Å². The van der Waals surface area contributed by atoms with E-state index >= 15 is 0 Å². The molecule has 9 heteroatoms. The van der Waals surface area contributed by atoms with Crippen LogP contribution in [0.2, 0.25) is 0 Å². The van der Waals surface area contributed by atoms with Crippen molar-refractivity contribution in [2.24, 2.45) is 0 Å². The monoisotopic (exact) mass is 457 g/mol. The van der Waals surface area contributed by atoms with Gasteiger partial charge in [-0.1, -0.05) is 26.0 Å². The third-order valence-corrected chi connectivity index (χ3v) is 7.90. The van der Waals surface area contributed by atoms with Gasteiger partial charge in [-0.05, 0) is 55.0 Å². The summed E-state index contributed by atoms with van der Waals surface area (Å²) in [5, 5.41) is 5.53. The Morgan fingerprint density at radius 2 is 1.94 bits per heavy atom. The number of anilines is 2. The van der Waals surface area contributed by atoms with Crippen molar-refractivity contribution in [1.82, 2.24) is 4.31 Å². The predicted octanol–water partition coefficient (Wildman–Crippen LogP) is 3.24. The lowest BCUT2D eigenvalue weighted by atomic mass is 10.0. The molecule has 8 nitrogen and oxygen atoms in total. The molecule has 2 amide bonds. The van der Waals surface area contributed by atoms with Crippen LogP contribution in [0.3, 0.4) is 0 Å². The van der Waals surface area contributed by atoms with E-state index in [0.29, 0.717) is 41.4 Å². The van der Waals surface area contributed by atoms with E-state index in [4.69, 9.17) is 4.74 Å². The molecule has 0 radical (unpaired) electrons. The molecule has 0 spiro atoms. The van der Waals surface area contributed by atoms with Gasteiger partial charge in [0.15, 0.2) is 6.61 Å². The van der Waals surface area contributed by atoms with Gasteiger partial charge in [-0.15, -0.1) is 0 Å². The minimum atomic E-state index is -3.94. The molecule has 0 unspecified atom stereocenters. The highest BCUT2D eigenvalue weighted by atomic mass is 32.2. The van der Waals surface area contributed by atoms with Crippen LogP contribution in [0.25, 0.3) is 0 Å². The molecular weight excluding hydrogens is 430 g/mol. The number of nitrogens with zero attached hydrogens (tertiary/aromatic N) is 1. The predicted molar refractivity (Wildman–Crippen MR) is 121 cm³/mol. The summed E-state index contributed by atoms with van der Waals surface area (Å²) >= 11 is 0. The molecule has 0 bridgehead atoms. The number of sulfonamides is 1. The van der Waals surface area contributed by atoms with Gasteiger partial charge in [-0.25, -0.2) is 8.42 Å². The summed E-state index contributed by atoms with van der Waals surface area (Å²) in [5.41, 5.74) is 2.72. The number of amides is 2. The fourth-order valence-electron chi connectivity index (χ4n) is 4.09. The van der Waals surface area contributed by atoms with E-state index in [9.17, 15) is 18.0 Å². The summed E-state index contributed by atoms with van der Waals surface area (Å²) in [6, 6.07) is 9.80. The highest BCUT2D eigenvalue weighted by molar-refractivity contribution is 7.89. The number of benzene rings is 2. The van der Waals surface area contributed by atoms with Crippen LogP contribution in [0.5, 0.6) is 5.75 Å². The molecule has 0 aromatic heterocycles. The Balaban J connectivity index is 1.57. The third-order valence-electron chi connectivity index (χ3n) is 5.85. The summed E-state index contributed by atoms with van der Waals surface area (Å²) in [6.07, 6.45) is 1.05. The molecule has 1 saturated heterocycles. The number of carbonyl (C=O) groups is 2. The first-order valence-electron chi connectivity index (χ1n) is 10.7. The molecule has 32 heavy (non-hydrogen) atoms. The number of aryl methyl sites for hydroxylation is 1. The summed E-state index contributed by atoms with van der Waals surface area (Å²) in [4.78, 5) is 24.6.